The van der Waals surface area contributed by atoms with Crippen LogP contribution in [0, 0.1) is 18.8 Å². The number of oxazole rings is 1. The third kappa shape index (κ3) is 5.92. The number of benzene rings is 1. The third-order valence-corrected chi connectivity index (χ3v) is 5.85. The van der Waals surface area contributed by atoms with Crippen molar-refractivity contribution in [2.75, 3.05) is 19.6 Å². The smallest absolute Gasteiger partial charge is 0.226 e. The lowest BCUT2D eigenvalue weighted by molar-refractivity contribution is -0.126. The molecule has 29 heavy (non-hydrogen) atoms. The van der Waals surface area contributed by atoms with Gasteiger partial charge in [-0.1, -0.05) is 32.9 Å². The molecule has 1 saturated heterocycles. The minimum atomic E-state index is 0.143. The number of carbonyl (C=O) groups is 1. The molecule has 0 unspecified atom stereocenters. The lowest BCUT2D eigenvalue weighted by Crippen LogP contribution is -2.40. The van der Waals surface area contributed by atoms with Crippen molar-refractivity contribution in [3.63, 3.8) is 0 Å². The fourth-order valence-corrected chi connectivity index (χ4v) is 3.77. The van der Waals surface area contributed by atoms with E-state index in [2.05, 4.69) is 55.3 Å². The van der Waals surface area contributed by atoms with Crippen LogP contribution in [-0.2, 0) is 17.8 Å². The van der Waals surface area contributed by atoms with Crippen LogP contribution in [0.2, 0.25) is 0 Å². The van der Waals surface area contributed by atoms with Gasteiger partial charge in [-0.2, -0.15) is 0 Å². The van der Waals surface area contributed by atoms with Gasteiger partial charge in [0.15, 0.2) is 0 Å². The summed E-state index contributed by atoms with van der Waals surface area (Å²) < 4.78 is 5.94. The number of hydrogen-bond acceptors (Lipinski definition) is 4. The minimum Gasteiger partial charge on any atom is -0.441 e. The first-order valence-electron chi connectivity index (χ1n) is 11.0. The standard InChI is InChI=1S/C24H35N3O2/c1-5-19-6-8-21(9-7-19)24-26-22(18(4)29-24)16-27-14-11-20(12-15-27)23(28)25-13-10-17(2)3/h6-9,17,20H,5,10-16H2,1-4H3,(H,25,28). The molecule has 0 bridgehead atoms. The molecule has 1 amide bonds. The van der Waals surface area contributed by atoms with Crippen LogP contribution >= 0.6 is 0 Å². The number of likely N-dealkylation sites (tertiary alicyclic amines) is 1. The molecule has 1 aliphatic heterocycles. The second-order valence-corrected chi connectivity index (χ2v) is 8.60. The summed E-state index contributed by atoms with van der Waals surface area (Å²) in [5.41, 5.74) is 3.33. The highest BCUT2D eigenvalue weighted by Crippen LogP contribution is 2.25. The van der Waals surface area contributed by atoms with Crippen LogP contribution in [0.25, 0.3) is 11.5 Å². The summed E-state index contributed by atoms with van der Waals surface area (Å²) in [4.78, 5) is 19.5. The lowest BCUT2D eigenvalue weighted by atomic mass is 9.95. The third-order valence-electron chi connectivity index (χ3n) is 5.85. The SMILES string of the molecule is CCc1ccc(-c2nc(CN3CCC(C(=O)NCCC(C)C)CC3)c(C)o2)cc1. The summed E-state index contributed by atoms with van der Waals surface area (Å²) in [6.07, 6.45) is 3.90. The van der Waals surface area contributed by atoms with Crippen LogP contribution in [0.5, 0.6) is 0 Å². The summed E-state index contributed by atoms with van der Waals surface area (Å²) in [7, 11) is 0. The highest BCUT2D eigenvalue weighted by atomic mass is 16.4. The maximum Gasteiger partial charge on any atom is 0.226 e. The van der Waals surface area contributed by atoms with E-state index in [4.69, 9.17) is 9.40 Å². The van der Waals surface area contributed by atoms with Crippen LogP contribution in [0.4, 0.5) is 0 Å². The molecule has 0 radical (unpaired) electrons. The van der Waals surface area contributed by atoms with Crippen LogP contribution in [0.3, 0.4) is 0 Å². The monoisotopic (exact) mass is 397 g/mol. The molecule has 2 aromatic rings. The first-order chi connectivity index (χ1) is 14.0. The Labute approximate surface area is 174 Å². The molecule has 0 saturated carbocycles. The minimum absolute atomic E-state index is 0.143. The molecule has 0 atom stereocenters. The van der Waals surface area contributed by atoms with Gasteiger partial charge < -0.3 is 9.73 Å². The Morgan fingerprint density at radius 2 is 1.93 bits per heavy atom. The van der Waals surface area contributed by atoms with Crippen LogP contribution < -0.4 is 5.32 Å². The van der Waals surface area contributed by atoms with Crippen molar-refractivity contribution in [1.82, 2.24) is 15.2 Å². The Morgan fingerprint density at radius 3 is 2.55 bits per heavy atom. The largest absolute Gasteiger partial charge is 0.441 e. The predicted molar refractivity (Wildman–Crippen MR) is 117 cm³/mol. The van der Waals surface area contributed by atoms with Crippen molar-refractivity contribution >= 4 is 5.91 Å². The second-order valence-electron chi connectivity index (χ2n) is 8.60. The average molecular weight is 398 g/mol. The molecule has 1 fully saturated rings. The molecular weight excluding hydrogens is 362 g/mol. The number of piperidine rings is 1. The zero-order valence-corrected chi connectivity index (χ0v) is 18.3. The fourth-order valence-electron chi connectivity index (χ4n) is 3.77. The van der Waals surface area contributed by atoms with E-state index in [1.54, 1.807) is 0 Å². The number of rotatable bonds is 8. The zero-order chi connectivity index (χ0) is 20.8. The van der Waals surface area contributed by atoms with Gasteiger partial charge in [0.05, 0.1) is 5.69 Å². The predicted octanol–water partition coefficient (Wildman–Crippen LogP) is 4.59. The van der Waals surface area contributed by atoms with Gasteiger partial charge in [0, 0.05) is 24.6 Å². The molecule has 5 heteroatoms. The van der Waals surface area contributed by atoms with Gasteiger partial charge >= 0.3 is 0 Å². The van der Waals surface area contributed by atoms with Gasteiger partial charge in [0.1, 0.15) is 5.76 Å². The molecule has 3 rings (SSSR count). The lowest BCUT2D eigenvalue weighted by Gasteiger charge is -2.30. The molecule has 1 aliphatic rings. The van der Waals surface area contributed by atoms with E-state index in [9.17, 15) is 4.79 Å². The van der Waals surface area contributed by atoms with Crippen LogP contribution in [-0.4, -0.2) is 35.4 Å². The van der Waals surface area contributed by atoms with E-state index in [1.165, 1.54) is 5.56 Å². The summed E-state index contributed by atoms with van der Waals surface area (Å²) >= 11 is 0. The Bertz CT molecular complexity index is 787. The van der Waals surface area contributed by atoms with Crippen molar-refractivity contribution in [2.45, 2.75) is 59.9 Å². The number of amides is 1. The number of hydrogen-bond donors (Lipinski definition) is 1. The van der Waals surface area contributed by atoms with Crippen molar-refractivity contribution in [1.29, 1.82) is 0 Å². The maximum absolute atomic E-state index is 12.3. The number of carbonyl (C=O) groups excluding carboxylic acids is 1. The number of aromatic nitrogens is 1. The van der Waals surface area contributed by atoms with Crippen molar-refractivity contribution in [3.8, 4) is 11.5 Å². The van der Waals surface area contributed by atoms with Gasteiger partial charge in [0.25, 0.3) is 0 Å². The highest BCUT2D eigenvalue weighted by molar-refractivity contribution is 5.78. The molecule has 1 aromatic heterocycles. The Morgan fingerprint density at radius 1 is 1.24 bits per heavy atom. The summed E-state index contributed by atoms with van der Waals surface area (Å²) in [5.74, 6) is 2.56. The first kappa shape index (κ1) is 21.6. The second kappa shape index (κ2) is 10.1. The van der Waals surface area contributed by atoms with Gasteiger partial charge in [-0.15, -0.1) is 0 Å². The molecule has 0 aliphatic carbocycles. The van der Waals surface area contributed by atoms with Crippen LogP contribution in [0.1, 0.15) is 57.1 Å². The van der Waals surface area contributed by atoms with Crippen molar-refractivity contribution in [3.05, 3.63) is 41.3 Å². The zero-order valence-electron chi connectivity index (χ0n) is 18.3. The average Bonchev–Trinajstić information content (AvgIpc) is 3.08. The Hall–Kier alpha value is -2.14. The highest BCUT2D eigenvalue weighted by Gasteiger charge is 2.26. The summed E-state index contributed by atoms with van der Waals surface area (Å²) in [6.45, 7) is 11.9. The van der Waals surface area contributed by atoms with E-state index in [-0.39, 0.29) is 11.8 Å². The van der Waals surface area contributed by atoms with E-state index < -0.39 is 0 Å². The number of nitrogens with one attached hydrogen (secondary N) is 1. The molecular formula is C24H35N3O2. The van der Waals surface area contributed by atoms with Crippen LogP contribution in [0.15, 0.2) is 28.7 Å². The summed E-state index contributed by atoms with van der Waals surface area (Å²) in [5, 5.41) is 3.10. The maximum atomic E-state index is 12.3. The van der Waals surface area contributed by atoms with Gasteiger partial charge in [-0.25, -0.2) is 4.98 Å². The van der Waals surface area contributed by atoms with E-state index in [0.29, 0.717) is 11.8 Å². The topological polar surface area (TPSA) is 58.4 Å². The molecule has 158 valence electrons. The number of aryl methyl sites for hydroxylation is 2. The molecule has 5 nitrogen and oxygen atoms in total. The van der Waals surface area contributed by atoms with Gasteiger partial charge in [0.2, 0.25) is 11.8 Å². The normalized spacial score (nSPS) is 15.8. The van der Waals surface area contributed by atoms with E-state index in [0.717, 1.165) is 68.9 Å². The Balaban J connectivity index is 1.51. The van der Waals surface area contributed by atoms with E-state index in [1.807, 2.05) is 6.92 Å². The number of nitrogens with zero attached hydrogens (tertiary/aromatic N) is 2. The summed E-state index contributed by atoms with van der Waals surface area (Å²) in [6, 6.07) is 8.42. The fraction of sp³-hybridized carbons (Fsp3) is 0.583. The Kier molecular flexibility index (Phi) is 7.48. The first-order valence-corrected chi connectivity index (χ1v) is 11.0. The van der Waals surface area contributed by atoms with Gasteiger partial charge in [-0.3, -0.25) is 9.69 Å². The van der Waals surface area contributed by atoms with Crippen molar-refractivity contribution < 1.29 is 9.21 Å². The molecule has 2 heterocycles. The molecule has 1 aromatic carbocycles. The molecule has 0 spiro atoms. The quantitative estimate of drug-likeness (QED) is 0.708. The molecule has 1 N–H and O–H groups in total. The van der Waals surface area contributed by atoms with E-state index >= 15 is 0 Å². The van der Waals surface area contributed by atoms with Gasteiger partial charge in [-0.05, 0) is 69.3 Å². The van der Waals surface area contributed by atoms with Crippen molar-refractivity contribution in [2.24, 2.45) is 11.8 Å².